The Hall–Kier alpha value is -2.03. The topological polar surface area (TPSA) is 78.9 Å². The zero-order chi connectivity index (χ0) is 16.5. The van der Waals surface area contributed by atoms with E-state index >= 15 is 0 Å². The average Bonchev–Trinajstić information content (AvgIpc) is 2.83. The fourth-order valence-corrected chi connectivity index (χ4v) is 1.60. The summed E-state index contributed by atoms with van der Waals surface area (Å²) >= 11 is 5.88. The van der Waals surface area contributed by atoms with Gasteiger partial charge in [0.05, 0.1) is 11.6 Å². The molecule has 0 spiro atoms. The smallest absolute Gasteiger partial charge is 0.397 e. The Labute approximate surface area is 129 Å². The Balaban J connectivity index is 2.12. The van der Waals surface area contributed by atoms with Gasteiger partial charge in [0.1, 0.15) is 12.4 Å². The number of hydrogen-bond acceptors (Lipinski definition) is 5. The summed E-state index contributed by atoms with van der Waals surface area (Å²) in [5, 5.41) is 3.97. The molecule has 2 aromatic rings. The molecule has 0 bridgehead atoms. The van der Waals surface area contributed by atoms with Crippen LogP contribution in [-0.2, 0) is 0 Å². The van der Waals surface area contributed by atoms with E-state index in [0.717, 1.165) is 13.8 Å². The maximum absolute atomic E-state index is 12.7. The summed E-state index contributed by atoms with van der Waals surface area (Å²) < 4.78 is 44.6. The van der Waals surface area contributed by atoms with Gasteiger partial charge in [-0.2, -0.15) is 13.2 Å². The van der Waals surface area contributed by atoms with Crippen molar-refractivity contribution in [3.63, 3.8) is 0 Å². The summed E-state index contributed by atoms with van der Waals surface area (Å²) in [7, 11) is 0. The minimum Gasteiger partial charge on any atom is -0.476 e. The first-order chi connectivity index (χ1) is 10.1. The summed E-state index contributed by atoms with van der Waals surface area (Å²) in [4.78, 5) is 7.76. The van der Waals surface area contributed by atoms with E-state index in [2.05, 4.69) is 15.1 Å². The Kier molecular flexibility index (Phi) is 4.19. The second-order valence-corrected chi connectivity index (χ2v) is 5.54. The highest BCUT2D eigenvalue weighted by Crippen LogP contribution is 2.37. The first-order valence-corrected chi connectivity index (χ1v) is 6.51. The first-order valence-electron chi connectivity index (χ1n) is 6.14. The van der Waals surface area contributed by atoms with Crippen molar-refractivity contribution in [3.05, 3.63) is 23.6 Å². The van der Waals surface area contributed by atoms with Gasteiger partial charge in [0, 0.05) is 12.3 Å². The van der Waals surface area contributed by atoms with Crippen LogP contribution in [0.15, 0.2) is 18.5 Å². The van der Waals surface area contributed by atoms with Crippen LogP contribution in [0.5, 0.6) is 5.88 Å². The van der Waals surface area contributed by atoms with Crippen LogP contribution >= 0.6 is 11.6 Å². The quantitative estimate of drug-likeness (QED) is 0.929. The summed E-state index contributed by atoms with van der Waals surface area (Å²) in [5.41, 5.74) is 3.44. The number of nitrogen functional groups attached to an aromatic ring is 1. The third-order valence-corrected chi connectivity index (χ3v) is 3.11. The average molecular weight is 336 g/mol. The second kappa shape index (κ2) is 5.64. The minimum atomic E-state index is -4.37. The van der Waals surface area contributed by atoms with Gasteiger partial charge in [-0.3, -0.25) is 0 Å². The molecule has 0 aliphatic carbocycles. The highest BCUT2D eigenvalue weighted by molar-refractivity contribution is 6.31. The molecule has 2 N–H and O–H groups in total. The van der Waals surface area contributed by atoms with Gasteiger partial charge in [-0.1, -0.05) is 11.6 Å². The van der Waals surface area contributed by atoms with Crippen LogP contribution in [-0.4, -0.2) is 32.5 Å². The minimum absolute atomic E-state index is 0.0188. The lowest BCUT2D eigenvalue weighted by Gasteiger charge is -2.26. The number of rotatable bonds is 4. The molecule has 0 radical (unpaired) electrons. The van der Waals surface area contributed by atoms with Crippen LogP contribution in [0, 0.1) is 5.41 Å². The molecule has 2 heterocycles. The number of nitrogens with two attached hydrogens (primary N) is 1. The Bertz CT molecular complexity index is 671. The van der Waals surface area contributed by atoms with Crippen molar-refractivity contribution >= 4 is 17.4 Å². The van der Waals surface area contributed by atoms with E-state index in [9.17, 15) is 13.2 Å². The SMILES string of the molecule is CC(C)(COc1ccn(-c2ncc(N)nc2Cl)n1)C(F)(F)F. The number of ether oxygens (including phenoxy) is 1. The van der Waals surface area contributed by atoms with Gasteiger partial charge in [0.15, 0.2) is 11.0 Å². The van der Waals surface area contributed by atoms with Crippen molar-refractivity contribution < 1.29 is 17.9 Å². The lowest BCUT2D eigenvalue weighted by molar-refractivity contribution is -0.219. The highest BCUT2D eigenvalue weighted by atomic mass is 35.5. The number of halogens is 4. The second-order valence-electron chi connectivity index (χ2n) is 5.18. The molecule has 0 aliphatic rings. The summed E-state index contributed by atoms with van der Waals surface area (Å²) in [6.07, 6.45) is -1.64. The molecule has 0 aromatic carbocycles. The Morgan fingerprint density at radius 3 is 2.64 bits per heavy atom. The normalized spacial score (nSPS) is 12.5. The van der Waals surface area contributed by atoms with Gasteiger partial charge in [-0.15, -0.1) is 5.10 Å². The van der Waals surface area contributed by atoms with E-state index in [1.807, 2.05) is 0 Å². The van der Waals surface area contributed by atoms with Crippen LogP contribution in [0.3, 0.4) is 0 Å². The molecular weight excluding hydrogens is 323 g/mol. The van der Waals surface area contributed by atoms with Crippen LogP contribution < -0.4 is 10.5 Å². The fraction of sp³-hybridized carbons (Fsp3) is 0.417. The van der Waals surface area contributed by atoms with Crippen molar-refractivity contribution in [1.29, 1.82) is 0 Å². The molecule has 0 saturated carbocycles. The standard InChI is InChI=1S/C12H13ClF3N5O/c1-11(2,12(14,15)16)6-22-8-3-4-21(20-8)10-9(13)19-7(17)5-18-10/h3-5H,6H2,1-2H3,(H2,17,19). The number of alkyl halides is 3. The van der Waals surface area contributed by atoms with Crippen molar-refractivity contribution in [2.75, 3.05) is 12.3 Å². The number of anilines is 1. The molecular formula is C12H13ClF3N5O. The zero-order valence-corrected chi connectivity index (χ0v) is 12.5. The van der Waals surface area contributed by atoms with Crippen molar-refractivity contribution in [2.24, 2.45) is 5.41 Å². The van der Waals surface area contributed by atoms with E-state index in [-0.39, 0.29) is 22.7 Å². The van der Waals surface area contributed by atoms with Crippen molar-refractivity contribution in [3.8, 4) is 11.7 Å². The molecule has 0 amide bonds. The van der Waals surface area contributed by atoms with E-state index in [1.54, 1.807) is 0 Å². The summed E-state index contributed by atoms with van der Waals surface area (Å²) in [5.74, 6) is 0.358. The first kappa shape index (κ1) is 16.3. The molecule has 0 aliphatic heterocycles. The molecule has 0 unspecified atom stereocenters. The summed E-state index contributed by atoms with van der Waals surface area (Å²) in [6.45, 7) is 1.54. The van der Waals surface area contributed by atoms with Gasteiger partial charge >= 0.3 is 6.18 Å². The van der Waals surface area contributed by atoms with Crippen LogP contribution in [0.25, 0.3) is 5.82 Å². The van der Waals surface area contributed by atoms with E-state index in [0.29, 0.717) is 0 Å². The molecule has 0 atom stereocenters. The predicted octanol–water partition coefficient (Wildman–Crippen LogP) is 2.87. The highest BCUT2D eigenvalue weighted by Gasteiger charge is 2.48. The number of hydrogen-bond donors (Lipinski definition) is 1. The van der Waals surface area contributed by atoms with Gasteiger partial charge in [-0.05, 0) is 13.8 Å². The van der Waals surface area contributed by atoms with Crippen LogP contribution in [0.2, 0.25) is 5.15 Å². The third-order valence-electron chi connectivity index (χ3n) is 2.86. The fourth-order valence-electron chi connectivity index (χ4n) is 1.36. The maximum Gasteiger partial charge on any atom is 0.397 e. The molecule has 0 saturated heterocycles. The molecule has 6 nitrogen and oxygen atoms in total. The zero-order valence-electron chi connectivity index (χ0n) is 11.7. The predicted molar refractivity (Wildman–Crippen MR) is 73.9 cm³/mol. The lowest BCUT2D eigenvalue weighted by atomic mass is 9.94. The number of nitrogens with zero attached hydrogens (tertiary/aromatic N) is 4. The lowest BCUT2D eigenvalue weighted by Crippen LogP contribution is -2.37. The molecule has 0 fully saturated rings. The molecule has 10 heteroatoms. The molecule has 2 aromatic heterocycles. The van der Waals surface area contributed by atoms with E-state index < -0.39 is 18.2 Å². The van der Waals surface area contributed by atoms with E-state index in [1.165, 1.54) is 23.1 Å². The summed E-state index contributed by atoms with van der Waals surface area (Å²) in [6, 6.07) is 1.40. The van der Waals surface area contributed by atoms with Crippen LogP contribution in [0.4, 0.5) is 19.0 Å². The van der Waals surface area contributed by atoms with Gasteiger partial charge in [0.2, 0.25) is 5.88 Å². The maximum atomic E-state index is 12.7. The monoisotopic (exact) mass is 335 g/mol. The van der Waals surface area contributed by atoms with Gasteiger partial charge in [0.25, 0.3) is 0 Å². The van der Waals surface area contributed by atoms with Gasteiger partial charge < -0.3 is 10.5 Å². The van der Waals surface area contributed by atoms with Crippen molar-refractivity contribution in [2.45, 2.75) is 20.0 Å². The van der Waals surface area contributed by atoms with Crippen LogP contribution in [0.1, 0.15) is 13.8 Å². The van der Waals surface area contributed by atoms with Crippen molar-refractivity contribution in [1.82, 2.24) is 19.7 Å². The largest absolute Gasteiger partial charge is 0.476 e. The van der Waals surface area contributed by atoms with Gasteiger partial charge in [-0.25, -0.2) is 14.6 Å². The van der Waals surface area contributed by atoms with E-state index in [4.69, 9.17) is 22.1 Å². The molecule has 120 valence electrons. The Morgan fingerprint density at radius 2 is 2.05 bits per heavy atom. The molecule has 22 heavy (non-hydrogen) atoms. The Morgan fingerprint density at radius 1 is 1.36 bits per heavy atom. The third kappa shape index (κ3) is 3.41. The molecule has 2 rings (SSSR count). The number of aromatic nitrogens is 4.